The van der Waals surface area contributed by atoms with Crippen LogP contribution in [0.3, 0.4) is 0 Å². The summed E-state index contributed by atoms with van der Waals surface area (Å²) in [7, 11) is -3.99. The molecule has 5 nitrogen and oxygen atoms in total. The number of anilines is 1. The minimum absolute atomic E-state index is 0.0434. The molecule has 0 saturated carbocycles. The van der Waals surface area contributed by atoms with Gasteiger partial charge in [0.15, 0.2) is 11.6 Å². The van der Waals surface area contributed by atoms with Crippen LogP contribution < -0.4 is 10.5 Å². The zero-order chi connectivity index (χ0) is 17.4. The van der Waals surface area contributed by atoms with Crippen molar-refractivity contribution >= 4 is 21.6 Å². The van der Waals surface area contributed by atoms with E-state index in [0.717, 1.165) is 18.2 Å². The van der Waals surface area contributed by atoms with Crippen LogP contribution in [0.2, 0.25) is 0 Å². The van der Waals surface area contributed by atoms with Gasteiger partial charge in [-0.3, -0.25) is 4.79 Å². The average Bonchev–Trinajstić information content (AvgIpc) is 2.44. The summed E-state index contributed by atoms with van der Waals surface area (Å²) in [6, 6.07) is 5.53. The van der Waals surface area contributed by atoms with Crippen LogP contribution in [-0.4, -0.2) is 14.3 Å². The highest BCUT2D eigenvalue weighted by molar-refractivity contribution is 7.89. The molecule has 2 aromatic rings. The summed E-state index contributed by atoms with van der Waals surface area (Å²) >= 11 is 0. The lowest BCUT2D eigenvalue weighted by molar-refractivity contribution is 0.102. The van der Waals surface area contributed by atoms with E-state index in [1.807, 2.05) is 0 Å². The van der Waals surface area contributed by atoms with Gasteiger partial charge in [0.2, 0.25) is 10.0 Å². The molecule has 0 unspecified atom stereocenters. The number of benzene rings is 2. The van der Waals surface area contributed by atoms with Crippen molar-refractivity contribution < 1.29 is 22.0 Å². The molecule has 23 heavy (non-hydrogen) atoms. The number of carbonyl (C=O) groups excluding carboxylic acids is 1. The van der Waals surface area contributed by atoms with E-state index in [1.165, 1.54) is 12.1 Å². The van der Waals surface area contributed by atoms with E-state index in [0.29, 0.717) is 11.1 Å². The van der Waals surface area contributed by atoms with Gasteiger partial charge in [-0.15, -0.1) is 0 Å². The molecule has 2 rings (SSSR count). The number of carbonyl (C=O) groups is 1. The first-order valence-corrected chi connectivity index (χ1v) is 8.04. The van der Waals surface area contributed by atoms with Crippen LogP contribution in [0.15, 0.2) is 35.2 Å². The minimum atomic E-state index is -3.99. The molecule has 0 atom stereocenters. The average molecular weight is 340 g/mol. The van der Waals surface area contributed by atoms with E-state index < -0.39 is 27.6 Å². The maximum absolute atomic E-state index is 13.1. The quantitative estimate of drug-likeness (QED) is 0.899. The van der Waals surface area contributed by atoms with Crippen molar-refractivity contribution in [2.75, 3.05) is 5.32 Å². The Morgan fingerprint density at radius 1 is 1.09 bits per heavy atom. The normalized spacial score (nSPS) is 11.3. The standard InChI is InChI=1S/C15H14F2N2O3S/c1-8-5-10(6-14(9(8)2)23(18,21)22)15(20)19-11-3-4-12(16)13(17)7-11/h3-7H,1-2H3,(H,19,20)(H2,18,21,22). The summed E-state index contributed by atoms with van der Waals surface area (Å²) in [5.74, 6) is -2.80. The summed E-state index contributed by atoms with van der Waals surface area (Å²) in [6.45, 7) is 3.21. The summed E-state index contributed by atoms with van der Waals surface area (Å²) < 4.78 is 49.2. The summed E-state index contributed by atoms with van der Waals surface area (Å²) in [6.07, 6.45) is 0. The number of primary sulfonamides is 1. The van der Waals surface area contributed by atoms with E-state index in [4.69, 9.17) is 5.14 Å². The third-order valence-corrected chi connectivity index (χ3v) is 4.40. The number of nitrogens with two attached hydrogens (primary N) is 1. The molecule has 0 heterocycles. The monoisotopic (exact) mass is 340 g/mol. The molecule has 0 radical (unpaired) electrons. The van der Waals surface area contributed by atoms with Crippen LogP contribution in [0.4, 0.5) is 14.5 Å². The Balaban J connectivity index is 2.40. The third kappa shape index (κ3) is 3.72. The number of nitrogens with one attached hydrogen (secondary N) is 1. The van der Waals surface area contributed by atoms with Gasteiger partial charge in [0.25, 0.3) is 5.91 Å². The lowest BCUT2D eigenvalue weighted by atomic mass is 10.1. The predicted octanol–water partition coefficient (Wildman–Crippen LogP) is 2.48. The first kappa shape index (κ1) is 17.0. The molecule has 0 bridgehead atoms. The van der Waals surface area contributed by atoms with E-state index in [2.05, 4.69) is 5.32 Å². The molecule has 8 heteroatoms. The van der Waals surface area contributed by atoms with Crippen molar-refractivity contribution in [3.63, 3.8) is 0 Å². The van der Waals surface area contributed by atoms with Crippen LogP contribution >= 0.6 is 0 Å². The van der Waals surface area contributed by atoms with Gasteiger partial charge in [0, 0.05) is 17.3 Å². The van der Waals surface area contributed by atoms with Gasteiger partial charge in [0.05, 0.1) is 4.90 Å². The second kappa shape index (κ2) is 6.05. The van der Waals surface area contributed by atoms with Crippen LogP contribution in [0, 0.1) is 25.5 Å². The van der Waals surface area contributed by atoms with E-state index in [9.17, 15) is 22.0 Å². The Kier molecular flexibility index (Phi) is 4.49. The Hall–Kier alpha value is -2.32. The molecule has 3 N–H and O–H groups in total. The number of amides is 1. The fourth-order valence-corrected chi connectivity index (χ4v) is 2.91. The second-order valence-corrected chi connectivity index (χ2v) is 6.57. The van der Waals surface area contributed by atoms with Gasteiger partial charge in [-0.1, -0.05) is 0 Å². The lowest BCUT2D eigenvalue weighted by Gasteiger charge is -2.11. The number of aryl methyl sites for hydroxylation is 1. The molecule has 0 spiro atoms. The van der Waals surface area contributed by atoms with E-state index in [1.54, 1.807) is 13.8 Å². The molecule has 1 amide bonds. The number of hydrogen-bond donors (Lipinski definition) is 2. The van der Waals surface area contributed by atoms with Crippen molar-refractivity contribution in [1.82, 2.24) is 0 Å². The molecule has 0 aliphatic rings. The molecule has 0 fully saturated rings. The predicted molar refractivity (Wildman–Crippen MR) is 81.6 cm³/mol. The summed E-state index contributed by atoms with van der Waals surface area (Å²) in [4.78, 5) is 12.0. The fraction of sp³-hybridized carbons (Fsp3) is 0.133. The van der Waals surface area contributed by atoms with E-state index in [-0.39, 0.29) is 16.1 Å². The maximum Gasteiger partial charge on any atom is 0.255 e. The minimum Gasteiger partial charge on any atom is -0.322 e. The summed E-state index contributed by atoms with van der Waals surface area (Å²) in [5.41, 5.74) is 1.09. The van der Waals surface area contributed by atoms with Gasteiger partial charge < -0.3 is 5.32 Å². The molecule has 2 aromatic carbocycles. The highest BCUT2D eigenvalue weighted by Crippen LogP contribution is 2.21. The van der Waals surface area contributed by atoms with Crippen molar-refractivity contribution in [3.05, 3.63) is 58.7 Å². The van der Waals surface area contributed by atoms with Crippen molar-refractivity contribution in [1.29, 1.82) is 0 Å². The number of rotatable bonds is 3. The second-order valence-electron chi connectivity index (χ2n) is 5.04. The topological polar surface area (TPSA) is 89.3 Å². The number of hydrogen-bond acceptors (Lipinski definition) is 3. The maximum atomic E-state index is 13.1. The smallest absolute Gasteiger partial charge is 0.255 e. The molecule has 0 saturated heterocycles. The summed E-state index contributed by atoms with van der Waals surface area (Å²) in [5, 5.41) is 7.50. The van der Waals surface area contributed by atoms with Crippen LogP contribution in [-0.2, 0) is 10.0 Å². The van der Waals surface area contributed by atoms with Crippen molar-refractivity contribution in [2.45, 2.75) is 18.7 Å². The van der Waals surface area contributed by atoms with Crippen molar-refractivity contribution in [2.24, 2.45) is 5.14 Å². The molecule has 0 aromatic heterocycles. The van der Waals surface area contributed by atoms with Crippen LogP contribution in [0.5, 0.6) is 0 Å². The van der Waals surface area contributed by atoms with Gasteiger partial charge in [-0.2, -0.15) is 0 Å². The van der Waals surface area contributed by atoms with Crippen LogP contribution in [0.25, 0.3) is 0 Å². The van der Waals surface area contributed by atoms with Gasteiger partial charge in [-0.05, 0) is 49.2 Å². The third-order valence-electron chi connectivity index (χ3n) is 3.37. The van der Waals surface area contributed by atoms with Crippen molar-refractivity contribution in [3.8, 4) is 0 Å². The molecular weight excluding hydrogens is 326 g/mol. The van der Waals surface area contributed by atoms with Gasteiger partial charge in [-0.25, -0.2) is 22.3 Å². The molecule has 0 aliphatic carbocycles. The number of halogens is 2. The number of sulfonamides is 1. The Labute approximate surface area is 132 Å². The fourth-order valence-electron chi connectivity index (χ4n) is 2.03. The molecule has 0 aliphatic heterocycles. The first-order valence-electron chi connectivity index (χ1n) is 6.50. The lowest BCUT2D eigenvalue weighted by Crippen LogP contribution is -2.18. The molecular formula is C15H14F2N2O3S. The zero-order valence-corrected chi connectivity index (χ0v) is 13.2. The Bertz CT molecular complexity index is 896. The highest BCUT2D eigenvalue weighted by Gasteiger charge is 2.18. The SMILES string of the molecule is Cc1cc(C(=O)Nc2ccc(F)c(F)c2)cc(S(N)(=O)=O)c1C. The van der Waals surface area contributed by atoms with Gasteiger partial charge >= 0.3 is 0 Å². The zero-order valence-electron chi connectivity index (χ0n) is 12.4. The molecule has 122 valence electrons. The highest BCUT2D eigenvalue weighted by atomic mass is 32.2. The Morgan fingerprint density at radius 3 is 2.30 bits per heavy atom. The largest absolute Gasteiger partial charge is 0.322 e. The van der Waals surface area contributed by atoms with E-state index >= 15 is 0 Å². The first-order chi connectivity index (χ1) is 10.6. The van der Waals surface area contributed by atoms with Crippen LogP contribution in [0.1, 0.15) is 21.5 Å². The van der Waals surface area contributed by atoms with Gasteiger partial charge in [0.1, 0.15) is 0 Å². The Morgan fingerprint density at radius 2 is 1.74 bits per heavy atom.